The van der Waals surface area contributed by atoms with Crippen LogP contribution in [0.15, 0.2) is 0 Å². The number of amides is 3. The van der Waals surface area contributed by atoms with Gasteiger partial charge in [-0.2, -0.15) is 11.8 Å². The summed E-state index contributed by atoms with van der Waals surface area (Å²) in [5.41, 5.74) is 5.63. The van der Waals surface area contributed by atoms with Crippen LogP contribution in [0.2, 0.25) is 0 Å². The van der Waals surface area contributed by atoms with Crippen LogP contribution >= 0.6 is 11.8 Å². The van der Waals surface area contributed by atoms with Gasteiger partial charge in [-0.1, -0.05) is 13.8 Å². The first-order valence-corrected chi connectivity index (χ1v) is 12.0. The van der Waals surface area contributed by atoms with Crippen LogP contribution in [0.4, 0.5) is 0 Å². The molecule has 0 heterocycles. The van der Waals surface area contributed by atoms with Crippen molar-refractivity contribution >= 4 is 41.4 Å². The summed E-state index contributed by atoms with van der Waals surface area (Å²) < 4.78 is 0. The summed E-state index contributed by atoms with van der Waals surface area (Å²) in [6, 6.07) is -4.81. The van der Waals surface area contributed by atoms with Crippen molar-refractivity contribution in [3.8, 4) is 0 Å². The summed E-state index contributed by atoms with van der Waals surface area (Å²) in [6.45, 7) is 5.01. The molecule has 0 aliphatic carbocycles. The maximum Gasteiger partial charge on any atom is 0.326 e. The van der Waals surface area contributed by atoms with Gasteiger partial charge in [0.1, 0.15) is 24.2 Å². The van der Waals surface area contributed by atoms with E-state index in [0.29, 0.717) is 5.75 Å². The summed E-state index contributed by atoms with van der Waals surface area (Å²) in [5.74, 6) is -4.29. The number of aliphatic hydroxyl groups excluding tert-OH is 1. The molecular weight excluding hydrogens is 456 g/mol. The van der Waals surface area contributed by atoms with Gasteiger partial charge in [0.2, 0.25) is 17.7 Å². The highest BCUT2D eigenvalue weighted by atomic mass is 32.2. The molecule has 0 aromatic rings. The number of hydrogen-bond acceptors (Lipinski definition) is 8. The number of nitrogens with two attached hydrogens (primary N) is 1. The molecular formula is C20H36N4O8S. The van der Waals surface area contributed by atoms with E-state index in [-0.39, 0.29) is 25.2 Å². The van der Waals surface area contributed by atoms with Gasteiger partial charge in [-0.3, -0.25) is 19.2 Å². The van der Waals surface area contributed by atoms with Crippen molar-refractivity contribution in [2.24, 2.45) is 11.7 Å². The third kappa shape index (κ3) is 12.4. The predicted molar refractivity (Wildman–Crippen MR) is 122 cm³/mol. The number of thioether (sulfide) groups is 1. The van der Waals surface area contributed by atoms with Crippen LogP contribution in [-0.2, 0) is 24.0 Å². The highest BCUT2D eigenvalue weighted by Gasteiger charge is 2.31. The summed E-state index contributed by atoms with van der Waals surface area (Å²) in [4.78, 5) is 60.0. The Labute approximate surface area is 197 Å². The van der Waals surface area contributed by atoms with Crippen LogP contribution in [0.3, 0.4) is 0 Å². The SMILES string of the molecule is CSCCC(NC(=O)C(CC(C)C)NC(=O)C(N)C(C)O)C(=O)NC(CCC(=O)O)C(=O)O. The zero-order valence-electron chi connectivity index (χ0n) is 19.4. The molecule has 0 rings (SSSR count). The number of rotatable bonds is 16. The molecule has 0 aromatic heterocycles. The second kappa shape index (κ2) is 15.5. The molecule has 0 bridgehead atoms. The van der Waals surface area contributed by atoms with Crippen molar-refractivity contribution in [3.63, 3.8) is 0 Å². The number of aliphatic carboxylic acids is 2. The van der Waals surface area contributed by atoms with Gasteiger partial charge in [-0.25, -0.2) is 4.79 Å². The minimum absolute atomic E-state index is 0.00490. The van der Waals surface area contributed by atoms with Gasteiger partial charge in [-0.15, -0.1) is 0 Å². The van der Waals surface area contributed by atoms with Gasteiger partial charge in [-0.05, 0) is 44.1 Å². The molecule has 0 saturated carbocycles. The lowest BCUT2D eigenvalue weighted by atomic mass is 10.0. The largest absolute Gasteiger partial charge is 0.481 e. The monoisotopic (exact) mass is 492 g/mol. The Morgan fingerprint density at radius 2 is 1.36 bits per heavy atom. The standard InChI is InChI=1S/C20H36N4O8S/c1-10(2)9-14(24-19(30)16(21)11(3)25)18(29)22-12(7-8-33-4)17(28)23-13(20(31)32)5-6-15(26)27/h10-14,16,25H,5-9,21H2,1-4H3,(H,22,29)(H,23,28)(H,24,30)(H,26,27)(H,31,32). The molecule has 0 aliphatic rings. The smallest absolute Gasteiger partial charge is 0.326 e. The molecule has 8 N–H and O–H groups in total. The van der Waals surface area contributed by atoms with Crippen molar-refractivity contribution in [1.82, 2.24) is 16.0 Å². The van der Waals surface area contributed by atoms with Gasteiger partial charge in [0, 0.05) is 6.42 Å². The Hall–Kier alpha value is -2.38. The van der Waals surface area contributed by atoms with Crippen LogP contribution < -0.4 is 21.7 Å². The minimum atomic E-state index is -1.43. The normalized spacial score (nSPS) is 15.6. The van der Waals surface area contributed by atoms with Crippen molar-refractivity contribution in [2.75, 3.05) is 12.0 Å². The zero-order valence-corrected chi connectivity index (χ0v) is 20.2. The molecule has 5 atom stereocenters. The molecule has 0 fully saturated rings. The highest BCUT2D eigenvalue weighted by Crippen LogP contribution is 2.09. The van der Waals surface area contributed by atoms with Crippen LogP contribution in [0.1, 0.15) is 46.5 Å². The molecule has 13 heteroatoms. The Kier molecular flexibility index (Phi) is 14.3. The molecule has 0 saturated heterocycles. The van der Waals surface area contributed by atoms with Crippen molar-refractivity contribution in [1.29, 1.82) is 0 Å². The van der Waals surface area contributed by atoms with Gasteiger partial charge in [0.15, 0.2) is 0 Å². The minimum Gasteiger partial charge on any atom is -0.481 e. The van der Waals surface area contributed by atoms with Crippen molar-refractivity contribution in [2.45, 2.75) is 76.7 Å². The number of carboxylic acids is 2. The van der Waals surface area contributed by atoms with Gasteiger partial charge >= 0.3 is 11.9 Å². The molecule has 0 aromatic carbocycles. The molecule has 0 spiro atoms. The molecule has 0 radical (unpaired) electrons. The van der Waals surface area contributed by atoms with E-state index < -0.39 is 66.4 Å². The zero-order chi connectivity index (χ0) is 25.7. The number of carbonyl (C=O) groups excluding carboxylic acids is 3. The molecule has 0 aliphatic heterocycles. The fraction of sp³-hybridized carbons (Fsp3) is 0.750. The number of carboxylic acid groups (broad SMARTS) is 2. The predicted octanol–water partition coefficient (Wildman–Crippen LogP) is -1.10. The number of aliphatic hydroxyl groups is 1. The third-order valence-corrected chi connectivity index (χ3v) is 5.31. The fourth-order valence-corrected chi connectivity index (χ4v) is 3.24. The Morgan fingerprint density at radius 3 is 1.82 bits per heavy atom. The van der Waals surface area contributed by atoms with E-state index >= 15 is 0 Å². The number of hydrogen-bond donors (Lipinski definition) is 7. The molecule has 12 nitrogen and oxygen atoms in total. The average molecular weight is 493 g/mol. The molecule has 190 valence electrons. The van der Waals surface area contributed by atoms with Crippen LogP contribution in [0.25, 0.3) is 0 Å². The Morgan fingerprint density at radius 1 is 0.848 bits per heavy atom. The van der Waals surface area contributed by atoms with E-state index in [4.69, 9.17) is 10.8 Å². The van der Waals surface area contributed by atoms with E-state index in [2.05, 4.69) is 16.0 Å². The van der Waals surface area contributed by atoms with Crippen molar-refractivity contribution in [3.05, 3.63) is 0 Å². The first kappa shape index (κ1) is 30.6. The first-order chi connectivity index (χ1) is 15.3. The van der Waals surface area contributed by atoms with Crippen LogP contribution in [-0.4, -0.2) is 87.3 Å². The Bertz CT molecular complexity index is 689. The maximum atomic E-state index is 12.9. The molecule has 5 unspecified atom stereocenters. The summed E-state index contributed by atoms with van der Waals surface area (Å²) in [7, 11) is 0. The topological polar surface area (TPSA) is 208 Å². The lowest BCUT2D eigenvalue weighted by Gasteiger charge is -2.26. The van der Waals surface area contributed by atoms with E-state index in [9.17, 15) is 34.2 Å². The van der Waals surface area contributed by atoms with Crippen LogP contribution in [0, 0.1) is 5.92 Å². The summed E-state index contributed by atoms with van der Waals surface area (Å²) in [5, 5.41) is 34.9. The van der Waals surface area contributed by atoms with Crippen LogP contribution in [0.5, 0.6) is 0 Å². The van der Waals surface area contributed by atoms with E-state index in [0.717, 1.165) is 0 Å². The summed E-state index contributed by atoms with van der Waals surface area (Å²) >= 11 is 1.41. The second-order valence-electron chi connectivity index (χ2n) is 8.13. The van der Waals surface area contributed by atoms with Gasteiger partial charge < -0.3 is 37.0 Å². The van der Waals surface area contributed by atoms with E-state index in [1.807, 2.05) is 13.8 Å². The molecule has 3 amide bonds. The lowest BCUT2D eigenvalue weighted by Crippen LogP contribution is -2.58. The summed E-state index contributed by atoms with van der Waals surface area (Å²) in [6.07, 6.45) is 0.306. The fourth-order valence-electron chi connectivity index (χ4n) is 2.76. The van der Waals surface area contributed by atoms with E-state index in [1.54, 1.807) is 6.26 Å². The van der Waals surface area contributed by atoms with E-state index in [1.165, 1.54) is 18.7 Å². The Balaban J connectivity index is 5.47. The lowest BCUT2D eigenvalue weighted by molar-refractivity contribution is -0.143. The maximum absolute atomic E-state index is 12.9. The van der Waals surface area contributed by atoms with Crippen molar-refractivity contribution < 1.29 is 39.3 Å². The quantitative estimate of drug-likeness (QED) is 0.138. The second-order valence-corrected chi connectivity index (χ2v) is 9.12. The third-order valence-electron chi connectivity index (χ3n) is 4.67. The van der Waals surface area contributed by atoms with Gasteiger partial charge in [0.05, 0.1) is 6.10 Å². The number of nitrogens with one attached hydrogen (secondary N) is 3. The molecule has 33 heavy (non-hydrogen) atoms. The first-order valence-electron chi connectivity index (χ1n) is 10.6. The number of carbonyl (C=O) groups is 5. The highest BCUT2D eigenvalue weighted by molar-refractivity contribution is 7.98. The van der Waals surface area contributed by atoms with Gasteiger partial charge in [0.25, 0.3) is 0 Å². The average Bonchev–Trinajstić information content (AvgIpc) is 2.71.